The molecule has 0 heterocycles. The zero-order valence-corrected chi connectivity index (χ0v) is 22.5. The third-order valence-corrected chi connectivity index (χ3v) is 5.81. The second-order valence-electron chi connectivity index (χ2n) is 8.91. The van der Waals surface area contributed by atoms with Gasteiger partial charge >= 0.3 is 23.9 Å². The third kappa shape index (κ3) is 10.1. The number of hydrogen-bond donors (Lipinski definition) is 2. The number of carbonyl (C=O) groups is 4. The number of benzene rings is 2. The van der Waals surface area contributed by atoms with Gasteiger partial charge in [0.15, 0.2) is 0 Å². The summed E-state index contributed by atoms with van der Waals surface area (Å²) in [4.78, 5) is 48.9. The molecule has 0 aliphatic rings. The highest BCUT2D eigenvalue weighted by Gasteiger charge is 2.34. The molecule has 2 aromatic rings. The van der Waals surface area contributed by atoms with Gasteiger partial charge in [-0.05, 0) is 57.5 Å². The molecular weight excluding hydrogens is 508 g/mol. The maximum atomic E-state index is 12.8. The van der Waals surface area contributed by atoms with Gasteiger partial charge in [0.05, 0.1) is 18.3 Å². The van der Waals surface area contributed by atoms with Crippen molar-refractivity contribution in [2.75, 3.05) is 26.4 Å². The van der Waals surface area contributed by atoms with Gasteiger partial charge in [0.2, 0.25) is 0 Å². The van der Waals surface area contributed by atoms with Crippen LogP contribution in [0.4, 0.5) is 0 Å². The molecule has 0 spiro atoms. The number of aryl methyl sites for hydroxylation is 2. The van der Waals surface area contributed by atoms with Crippen molar-refractivity contribution in [3.8, 4) is 11.5 Å². The molecule has 0 bridgehead atoms. The number of carboxylic acid groups (broad SMARTS) is 2. The Hall–Kier alpha value is -4.34. The van der Waals surface area contributed by atoms with E-state index < -0.39 is 47.7 Å². The van der Waals surface area contributed by atoms with E-state index in [1.54, 1.807) is 24.3 Å². The van der Waals surface area contributed by atoms with E-state index in [1.165, 1.54) is 13.8 Å². The minimum absolute atomic E-state index is 0.0417. The van der Waals surface area contributed by atoms with Crippen LogP contribution in [0, 0.1) is 25.7 Å². The van der Waals surface area contributed by atoms with Gasteiger partial charge in [0.1, 0.15) is 37.9 Å². The van der Waals surface area contributed by atoms with Crippen LogP contribution in [0.5, 0.6) is 11.5 Å². The van der Waals surface area contributed by atoms with Crippen molar-refractivity contribution in [2.45, 2.75) is 34.1 Å². The first-order chi connectivity index (χ1) is 18.5. The fraction of sp³-hybridized carbons (Fsp3) is 0.379. The van der Waals surface area contributed by atoms with E-state index in [0.29, 0.717) is 11.5 Å². The Balaban J connectivity index is 2.05. The van der Waals surface area contributed by atoms with Gasteiger partial charge in [-0.1, -0.05) is 35.4 Å². The van der Waals surface area contributed by atoms with Gasteiger partial charge in [-0.2, -0.15) is 0 Å². The fourth-order valence-electron chi connectivity index (χ4n) is 3.73. The lowest BCUT2D eigenvalue weighted by Gasteiger charge is -2.23. The minimum atomic E-state index is -1.56. The molecule has 2 atom stereocenters. The van der Waals surface area contributed by atoms with E-state index in [-0.39, 0.29) is 32.0 Å². The fourth-order valence-corrected chi connectivity index (χ4v) is 3.73. The second-order valence-corrected chi connectivity index (χ2v) is 8.91. The summed E-state index contributed by atoms with van der Waals surface area (Å²) < 4.78 is 21.5. The molecule has 0 radical (unpaired) electrons. The predicted molar refractivity (Wildman–Crippen MR) is 141 cm³/mol. The quantitative estimate of drug-likeness (QED) is 0.192. The number of rotatable bonds is 15. The minimum Gasteiger partial charge on any atom is -0.490 e. The summed E-state index contributed by atoms with van der Waals surface area (Å²) >= 11 is 0. The summed E-state index contributed by atoms with van der Waals surface area (Å²) in [5, 5.41) is 19.0. The lowest BCUT2D eigenvalue weighted by atomic mass is 9.84. The zero-order chi connectivity index (χ0) is 28.9. The first kappa shape index (κ1) is 30.9. The van der Waals surface area contributed by atoms with Crippen LogP contribution in [0.3, 0.4) is 0 Å². The smallest absolute Gasteiger partial charge is 0.332 e. The van der Waals surface area contributed by atoms with Crippen molar-refractivity contribution in [1.29, 1.82) is 0 Å². The van der Waals surface area contributed by atoms with Crippen molar-refractivity contribution in [3.63, 3.8) is 0 Å². The number of hydrogen-bond acceptors (Lipinski definition) is 8. The van der Waals surface area contributed by atoms with Crippen molar-refractivity contribution < 1.29 is 48.3 Å². The Bertz CT molecular complexity index is 1090. The van der Waals surface area contributed by atoms with Gasteiger partial charge in [-0.3, -0.25) is 14.4 Å². The number of aliphatic carboxylic acids is 2. The average Bonchev–Trinajstić information content (AvgIpc) is 2.89. The van der Waals surface area contributed by atoms with Gasteiger partial charge in [-0.15, -0.1) is 0 Å². The summed E-state index contributed by atoms with van der Waals surface area (Å²) in [6.07, 6.45) is -0.896. The summed E-state index contributed by atoms with van der Waals surface area (Å²) in [5.74, 6) is -5.94. The first-order valence-corrected chi connectivity index (χ1v) is 12.4. The molecular formula is C29H34O10. The van der Waals surface area contributed by atoms with Crippen molar-refractivity contribution in [1.82, 2.24) is 0 Å². The second kappa shape index (κ2) is 15.2. The monoisotopic (exact) mass is 542 g/mol. The first-order valence-electron chi connectivity index (χ1n) is 12.4. The Labute approximate surface area is 227 Å². The standard InChI is InChI=1S/C29H34O10/c1-18-5-9-22(10-6-18)36-13-15-38-28(34)20(3)26(24(27(32)33)17-25(30)31)21(4)29(35)39-16-14-37-23-11-7-19(2)8-12-23/h5-12,20-21H,13-17H2,1-4H3,(H,30,31)(H,32,33). The van der Waals surface area contributed by atoms with E-state index in [2.05, 4.69) is 0 Å². The Morgan fingerprint density at radius 3 is 1.38 bits per heavy atom. The van der Waals surface area contributed by atoms with E-state index in [0.717, 1.165) is 11.1 Å². The third-order valence-electron chi connectivity index (χ3n) is 5.81. The highest BCUT2D eigenvalue weighted by atomic mass is 16.6. The van der Waals surface area contributed by atoms with Crippen LogP contribution in [0.1, 0.15) is 31.4 Å². The van der Waals surface area contributed by atoms with Crippen LogP contribution in [0.25, 0.3) is 0 Å². The van der Waals surface area contributed by atoms with E-state index in [9.17, 15) is 29.4 Å². The van der Waals surface area contributed by atoms with E-state index in [4.69, 9.17) is 18.9 Å². The van der Waals surface area contributed by atoms with Crippen LogP contribution < -0.4 is 9.47 Å². The topological polar surface area (TPSA) is 146 Å². The highest BCUT2D eigenvalue weighted by Crippen LogP contribution is 2.28. The maximum absolute atomic E-state index is 12.8. The molecule has 0 fully saturated rings. The highest BCUT2D eigenvalue weighted by molar-refractivity contribution is 5.96. The number of carbonyl (C=O) groups excluding carboxylic acids is 2. The molecule has 0 aromatic heterocycles. The van der Waals surface area contributed by atoms with Crippen LogP contribution >= 0.6 is 0 Å². The molecule has 10 heteroatoms. The Morgan fingerprint density at radius 1 is 0.667 bits per heavy atom. The molecule has 2 unspecified atom stereocenters. The van der Waals surface area contributed by atoms with Crippen LogP contribution in [0.15, 0.2) is 59.7 Å². The normalized spacial score (nSPS) is 12.0. The van der Waals surface area contributed by atoms with Crippen LogP contribution in [-0.4, -0.2) is 60.5 Å². The van der Waals surface area contributed by atoms with Crippen molar-refractivity contribution in [3.05, 3.63) is 70.8 Å². The van der Waals surface area contributed by atoms with Gasteiger partial charge < -0.3 is 29.2 Å². The van der Waals surface area contributed by atoms with Gasteiger partial charge in [0, 0.05) is 5.57 Å². The lowest BCUT2D eigenvalue weighted by Crippen LogP contribution is -2.30. The molecule has 10 nitrogen and oxygen atoms in total. The van der Waals surface area contributed by atoms with Crippen LogP contribution in [-0.2, 0) is 28.7 Å². The Kier molecular flexibility index (Phi) is 12.0. The summed E-state index contributed by atoms with van der Waals surface area (Å²) in [6.45, 7) is 6.39. The number of ether oxygens (including phenoxy) is 4. The number of carboxylic acids is 2. The molecule has 0 aliphatic carbocycles. The van der Waals surface area contributed by atoms with Crippen molar-refractivity contribution >= 4 is 23.9 Å². The molecule has 0 amide bonds. The molecule has 2 rings (SSSR count). The lowest BCUT2D eigenvalue weighted by molar-refractivity contribution is -0.150. The van der Waals surface area contributed by atoms with E-state index in [1.807, 2.05) is 38.1 Å². The molecule has 210 valence electrons. The summed E-state index contributed by atoms with van der Waals surface area (Å²) in [5.41, 5.74) is 1.34. The number of esters is 2. The molecule has 0 saturated heterocycles. The average molecular weight is 543 g/mol. The zero-order valence-electron chi connectivity index (χ0n) is 22.5. The molecule has 0 saturated carbocycles. The Morgan fingerprint density at radius 2 is 1.05 bits per heavy atom. The van der Waals surface area contributed by atoms with Gasteiger partial charge in [-0.25, -0.2) is 4.79 Å². The predicted octanol–water partition coefficient (Wildman–Crippen LogP) is 3.98. The SMILES string of the molecule is Cc1ccc(OCCOC(=O)C(C)C(=C(CC(=O)O)C(=O)O)C(C)C(=O)OCCOc2ccc(C)cc2)cc1. The molecule has 39 heavy (non-hydrogen) atoms. The molecule has 2 aromatic carbocycles. The molecule has 2 N–H and O–H groups in total. The van der Waals surface area contributed by atoms with Crippen molar-refractivity contribution in [2.24, 2.45) is 11.8 Å². The molecule has 0 aliphatic heterocycles. The summed E-state index contributed by atoms with van der Waals surface area (Å²) in [6, 6.07) is 14.5. The maximum Gasteiger partial charge on any atom is 0.332 e. The van der Waals surface area contributed by atoms with E-state index >= 15 is 0 Å². The summed E-state index contributed by atoms with van der Waals surface area (Å²) in [7, 11) is 0. The van der Waals surface area contributed by atoms with Crippen LogP contribution in [0.2, 0.25) is 0 Å². The largest absolute Gasteiger partial charge is 0.490 e. The van der Waals surface area contributed by atoms with Gasteiger partial charge in [0.25, 0.3) is 0 Å².